The van der Waals surface area contributed by atoms with Crippen molar-refractivity contribution >= 4 is 11.5 Å². The maximum atomic E-state index is 11.2. The van der Waals surface area contributed by atoms with E-state index in [1.165, 1.54) is 12.0 Å². The third kappa shape index (κ3) is 2.78. The summed E-state index contributed by atoms with van der Waals surface area (Å²) in [7, 11) is 0. The summed E-state index contributed by atoms with van der Waals surface area (Å²) in [6.45, 7) is 4.42. The largest absolute Gasteiger partial charge is 0.426 e. The summed E-state index contributed by atoms with van der Waals surface area (Å²) in [6, 6.07) is 5.82. The van der Waals surface area contributed by atoms with Crippen LogP contribution in [0.3, 0.4) is 0 Å². The molecule has 1 heterocycles. The van der Waals surface area contributed by atoms with Crippen LogP contribution in [0.25, 0.3) is 5.57 Å². The van der Waals surface area contributed by atoms with Crippen LogP contribution in [0.2, 0.25) is 0 Å². The fourth-order valence-corrected chi connectivity index (χ4v) is 2.09. The average Bonchev–Trinajstić information content (AvgIpc) is 2.32. The van der Waals surface area contributed by atoms with Gasteiger partial charge in [-0.1, -0.05) is 24.3 Å². The molecule has 1 N–H and O–H groups in total. The van der Waals surface area contributed by atoms with Crippen molar-refractivity contribution in [2.45, 2.75) is 20.3 Å². The van der Waals surface area contributed by atoms with Crippen LogP contribution in [0.5, 0.6) is 5.75 Å². The van der Waals surface area contributed by atoms with E-state index in [0.717, 1.165) is 23.1 Å². The molecule has 1 aromatic rings. The van der Waals surface area contributed by atoms with E-state index < -0.39 is 0 Å². The molecular formula is C14H17NO3. The van der Waals surface area contributed by atoms with Gasteiger partial charge >= 0.3 is 5.97 Å². The van der Waals surface area contributed by atoms with Crippen molar-refractivity contribution < 1.29 is 14.7 Å². The molecule has 0 saturated heterocycles. The summed E-state index contributed by atoms with van der Waals surface area (Å²) < 4.78 is 5.30. The highest BCUT2D eigenvalue weighted by atomic mass is 16.5. The van der Waals surface area contributed by atoms with Gasteiger partial charge in [0.15, 0.2) is 0 Å². The van der Waals surface area contributed by atoms with Gasteiger partial charge in [0.05, 0.1) is 0 Å². The predicted molar refractivity (Wildman–Crippen MR) is 68.4 cm³/mol. The van der Waals surface area contributed by atoms with Crippen molar-refractivity contribution in [2.24, 2.45) is 0 Å². The van der Waals surface area contributed by atoms with Gasteiger partial charge in [-0.2, -0.15) is 5.06 Å². The number of ether oxygens (including phenoxy) is 1. The van der Waals surface area contributed by atoms with Gasteiger partial charge in [-0.3, -0.25) is 4.79 Å². The Balaban J connectivity index is 2.38. The second kappa shape index (κ2) is 5.33. The first kappa shape index (κ1) is 12.8. The highest BCUT2D eigenvalue weighted by molar-refractivity contribution is 5.77. The maximum absolute atomic E-state index is 11.2. The number of hydrogen-bond acceptors (Lipinski definition) is 4. The molecule has 1 aliphatic rings. The minimum atomic E-state index is -0.314. The maximum Gasteiger partial charge on any atom is 0.308 e. The van der Waals surface area contributed by atoms with E-state index in [4.69, 9.17) is 4.74 Å². The number of benzene rings is 1. The third-order valence-corrected chi connectivity index (χ3v) is 2.99. The standard InChI is InChI=1S/C14H17NO3/c1-10-4-3-5-13(14(10)18-11(2)16)12-6-8-15(17)9-7-12/h3-6,17H,7-9H2,1-2H3. The molecule has 96 valence electrons. The molecule has 0 amide bonds. The Bertz CT molecular complexity index is 494. The number of esters is 1. The average molecular weight is 247 g/mol. The predicted octanol–water partition coefficient (Wildman–Crippen LogP) is 2.40. The summed E-state index contributed by atoms with van der Waals surface area (Å²) >= 11 is 0. The Kier molecular flexibility index (Phi) is 3.79. The molecule has 0 aromatic heterocycles. The van der Waals surface area contributed by atoms with Crippen molar-refractivity contribution in [3.63, 3.8) is 0 Å². The normalized spacial score (nSPS) is 16.3. The van der Waals surface area contributed by atoms with Crippen LogP contribution >= 0.6 is 0 Å². The van der Waals surface area contributed by atoms with E-state index in [9.17, 15) is 10.0 Å². The number of hydrogen-bond donors (Lipinski definition) is 1. The van der Waals surface area contributed by atoms with Gasteiger partial charge in [0, 0.05) is 25.6 Å². The Hall–Kier alpha value is -1.65. The van der Waals surface area contributed by atoms with E-state index in [1.807, 2.05) is 31.2 Å². The van der Waals surface area contributed by atoms with Crippen LogP contribution in [0, 0.1) is 6.92 Å². The molecule has 0 spiro atoms. The van der Waals surface area contributed by atoms with Gasteiger partial charge in [-0.15, -0.1) is 0 Å². The smallest absolute Gasteiger partial charge is 0.308 e. The highest BCUT2D eigenvalue weighted by Gasteiger charge is 2.16. The fourth-order valence-electron chi connectivity index (χ4n) is 2.09. The van der Waals surface area contributed by atoms with Crippen LogP contribution in [-0.4, -0.2) is 29.3 Å². The molecule has 0 bridgehead atoms. The van der Waals surface area contributed by atoms with Crippen molar-refractivity contribution in [2.75, 3.05) is 13.1 Å². The molecule has 0 radical (unpaired) electrons. The minimum absolute atomic E-state index is 0.314. The molecule has 4 heteroatoms. The van der Waals surface area contributed by atoms with Crippen LogP contribution in [0.15, 0.2) is 24.3 Å². The zero-order chi connectivity index (χ0) is 13.1. The van der Waals surface area contributed by atoms with E-state index in [2.05, 4.69) is 0 Å². The monoisotopic (exact) mass is 247 g/mol. The number of aryl methyl sites for hydroxylation is 1. The molecule has 4 nitrogen and oxygen atoms in total. The van der Waals surface area contributed by atoms with E-state index in [1.54, 1.807) is 0 Å². The Morgan fingerprint density at radius 2 is 2.22 bits per heavy atom. The number of carbonyl (C=O) groups is 1. The lowest BCUT2D eigenvalue weighted by Crippen LogP contribution is -2.24. The highest BCUT2D eigenvalue weighted by Crippen LogP contribution is 2.32. The van der Waals surface area contributed by atoms with Gasteiger partial charge in [-0.25, -0.2) is 0 Å². The SMILES string of the molecule is CC(=O)Oc1c(C)cccc1C1=CCN(O)CC1. The molecule has 1 aliphatic heterocycles. The zero-order valence-electron chi connectivity index (χ0n) is 10.6. The van der Waals surface area contributed by atoms with Crippen molar-refractivity contribution in [1.29, 1.82) is 0 Å². The van der Waals surface area contributed by atoms with Crippen molar-refractivity contribution in [3.8, 4) is 5.75 Å². The molecular weight excluding hydrogens is 230 g/mol. The first-order valence-corrected chi connectivity index (χ1v) is 5.99. The molecule has 0 saturated carbocycles. The minimum Gasteiger partial charge on any atom is -0.426 e. The molecule has 0 fully saturated rings. The van der Waals surface area contributed by atoms with Crippen molar-refractivity contribution in [1.82, 2.24) is 5.06 Å². The topological polar surface area (TPSA) is 49.8 Å². The summed E-state index contributed by atoms with van der Waals surface area (Å²) in [5, 5.41) is 10.6. The second-order valence-electron chi connectivity index (χ2n) is 4.44. The van der Waals surface area contributed by atoms with Crippen LogP contribution < -0.4 is 4.74 Å². The van der Waals surface area contributed by atoms with Gasteiger partial charge in [-0.05, 0) is 24.5 Å². The molecule has 18 heavy (non-hydrogen) atoms. The molecule has 0 atom stereocenters. The Labute approximate surface area is 106 Å². The summed E-state index contributed by atoms with van der Waals surface area (Å²) in [5.74, 6) is 0.313. The van der Waals surface area contributed by atoms with Gasteiger partial charge in [0.25, 0.3) is 0 Å². The van der Waals surface area contributed by atoms with E-state index in [-0.39, 0.29) is 5.97 Å². The first-order chi connectivity index (χ1) is 8.58. The zero-order valence-corrected chi connectivity index (χ0v) is 10.6. The first-order valence-electron chi connectivity index (χ1n) is 5.99. The summed E-state index contributed by atoms with van der Waals surface area (Å²) in [5.41, 5.74) is 2.99. The third-order valence-electron chi connectivity index (χ3n) is 2.99. The lowest BCUT2D eigenvalue weighted by atomic mass is 9.97. The number of rotatable bonds is 2. The van der Waals surface area contributed by atoms with Gasteiger partial charge in [0.1, 0.15) is 5.75 Å². The molecule has 1 aromatic carbocycles. The molecule has 0 aliphatic carbocycles. The molecule has 2 rings (SSSR count). The number of para-hydroxylation sites is 1. The number of carbonyl (C=O) groups excluding carboxylic acids is 1. The summed E-state index contributed by atoms with van der Waals surface area (Å²) in [4.78, 5) is 11.2. The number of hydroxylamine groups is 2. The van der Waals surface area contributed by atoms with Gasteiger partial charge < -0.3 is 9.94 Å². The fraction of sp³-hybridized carbons (Fsp3) is 0.357. The van der Waals surface area contributed by atoms with E-state index in [0.29, 0.717) is 18.8 Å². The van der Waals surface area contributed by atoms with Gasteiger partial charge in [0.2, 0.25) is 0 Å². The Morgan fingerprint density at radius 1 is 1.44 bits per heavy atom. The summed E-state index contributed by atoms with van der Waals surface area (Å²) in [6.07, 6.45) is 2.71. The quantitative estimate of drug-likeness (QED) is 0.644. The molecule has 0 unspecified atom stereocenters. The van der Waals surface area contributed by atoms with Crippen LogP contribution in [0.1, 0.15) is 24.5 Å². The van der Waals surface area contributed by atoms with Crippen LogP contribution in [0.4, 0.5) is 0 Å². The van der Waals surface area contributed by atoms with Crippen LogP contribution in [-0.2, 0) is 4.79 Å². The van der Waals surface area contributed by atoms with E-state index >= 15 is 0 Å². The lowest BCUT2D eigenvalue weighted by Gasteiger charge is -2.22. The van der Waals surface area contributed by atoms with Crippen molar-refractivity contribution in [3.05, 3.63) is 35.4 Å². The Morgan fingerprint density at radius 3 is 2.83 bits per heavy atom. The number of nitrogens with zero attached hydrogens (tertiary/aromatic N) is 1. The lowest BCUT2D eigenvalue weighted by molar-refractivity contribution is -0.131. The second-order valence-corrected chi connectivity index (χ2v) is 4.44.